The highest BCUT2D eigenvalue weighted by Gasteiger charge is 2.38. The highest BCUT2D eigenvalue weighted by Crippen LogP contribution is 2.29. The molecular formula is C11H23N3O2. The molecule has 1 amide bonds. The summed E-state index contributed by atoms with van der Waals surface area (Å²) in [6.45, 7) is 3.21. The number of carbonyl (C=O) groups is 1. The Bertz CT molecular complexity index is 225. The van der Waals surface area contributed by atoms with Gasteiger partial charge < -0.3 is 20.7 Å². The fourth-order valence-electron chi connectivity index (χ4n) is 1.87. The minimum atomic E-state index is -0.398. The van der Waals surface area contributed by atoms with E-state index in [1.165, 1.54) is 0 Å². The molecule has 1 rings (SSSR count). The molecule has 0 atom stereocenters. The number of nitrogens with zero attached hydrogens (tertiary/aromatic N) is 1. The Balaban J connectivity index is 2.42. The fourth-order valence-corrected chi connectivity index (χ4v) is 1.87. The number of amides is 1. The first-order valence-electron chi connectivity index (χ1n) is 5.81. The number of likely N-dealkylation sites (N-methyl/N-ethyl adjacent to an activating group) is 1. The van der Waals surface area contributed by atoms with Crippen molar-refractivity contribution in [2.45, 2.75) is 12.8 Å². The molecule has 1 aliphatic heterocycles. The van der Waals surface area contributed by atoms with Gasteiger partial charge >= 0.3 is 0 Å². The maximum absolute atomic E-state index is 12.1. The Morgan fingerprint density at radius 1 is 1.44 bits per heavy atom. The number of nitrogens with two attached hydrogens (primary N) is 1. The first-order chi connectivity index (χ1) is 7.60. The molecule has 5 nitrogen and oxygen atoms in total. The van der Waals surface area contributed by atoms with E-state index < -0.39 is 5.41 Å². The van der Waals surface area contributed by atoms with E-state index in [2.05, 4.69) is 5.32 Å². The lowest BCUT2D eigenvalue weighted by Gasteiger charge is -2.34. The Labute approximate surface area is 97.3 Å². The van der Waals surface area contributed by atoms with Crippen LogP contribution in [0.15, 0.2) is 0 Å². The number of hydrogen-bond acceptors (Lipinski definition) is 4. The summed E-state index contributed by atoms with van der Waals surface area (Å²) >= 11 is 0. The zero-order valence-corrected chi connectivity index (χ0v) is 10.3. The zero-order chi connectivity index (χ0) is 12.0. The second-order valence-electron chi connectivity index (χ2n) is 4.66. The minimum Gasteiger partial charge on any atom is -0.381 e. The summed E-state index contributed by atoms with van der Waals surface area (Å²) in [5, 5.41) is 2.96. The van der Waals surface area contributed by atoms with Gasteiger partial charge in [-0.05, 0) is 26.9 Å². The van der Waals surface area contributed by atoms with Crippen molar-refractivity contribution < 1.29 is 9.53 Å². The van der Waals surface area contributed by atoms with Crippen LogP contribution in [0, 0.1) is 5.41 Å². The lowest BCUT2D eigenvalue weighted by atomic mass is 9.79. The zero-order valence-electron chi connectivity index (χ0n) is 10.3. The van der Waals surface area contributed by atoms with E-state index in [1.807, 2.05) is 19.0 Å². The smallest absolute Gasteiger partial charge is 0.227 e. The first kappa shape index (κ1) is 13.4. The van der Waals surface area contributed by atoms with Crippen LogP contribution in [0.5, 0.6) is 0 Å². The maximum atomic E-state index is 12.1. The van der Waals surface area contributed by atoms with E-state index in [1.54, 1.807) is 0 Å². The molecule has 1 heterocycles. The second-order valence-corrected chi connectivity index (χ2v) is 4.66. The van der Waals surface area contributed by atoms with Crippen LogP contribution < -0.4 is 11.1 Å². The Hall–Kier alpha value is -0.650. The molecule has 0 unspecified atom stereocenters. The van der Waals surface area contributed by atoms with Gasteiger partial charge in [-0.2, -0.15) is 0 Å². The van der Waals surface area contributed by atoms with Crippen molar-refractivity contribution in [3.05, 3.63) is 0 Å². The van der Waals surface area contributed by atoms with E-state index in [9.17, 15) is 4.79 Å². The highest BCUT2D eigenvalue weighted by atomic mass is 16.5. The van der Waals surface area contributed by atoms with Gasteiger partial charge in [0.25, 0.3) is 0 Å². The van der Waals surface area contributed by atoms with Gasteiger partial charge in [-0.1, -0.05) is 0 Å². The minimum absolute atomic E-state index is 0.0835. The Kier molecular flexibility index (Phi) is 5.18. The summed E-state index contributed by atoms with van der Waals surface area (Å²) in [5.41, 5.74) is 5.35. The third kappa shape index (κ3) is 3.43. The molecule has 0 bridgehead atoms. The number of rotatable bonds is 5. The summed E-state index contributed by atoms with van der Waals surface area (Å²) in [6, 6.07) is 0. The molecule has 0 aromatic carbocycles. The van der Waals surface area contributed by atoms with Crippen molar-refractivity contribution in [1.29, 1.82) is 0 Å². The third-order valence-corrected chi connectivity index (χ3v) is 3.17. The Morgan fingerprint density at radius 2 is 2.06 bits per heavy atom. The van der Waals surface area contributed by atoms with Gasteiger partial charge in [0.2, 0.25) is 5.91 Å². The van der Waals surface area contributed by atoms with Crippen LogP contribution in [0.2, 0.25) is 0 Å². The summed E-state index contributed by atoms with van der Waals surface area (Å²) in [7, 11) is 3.97. The molecule has 0 aromatic heterocycles. The van der Waals surface area contributed by atoms with Crippen molar-refractivity contribution in [2.75, 3.05) is 46.9 Å². The summed E-state index contributed by atoms with van der Waals surface area (Å²) < 4.78 is 5.28. The van der Waals surface area contributed by atoms with Crippen LogP contribution >= 0.6 is 0 Å². The van der Waals surface area contributed by atoms with Crippen molar-refractivity contribution in [3.63, 3.8) is 0 Å². The SMILES string of the molecule is CN(C)CCNC(=O)C1(CN)CCOCC1. The normalized spacial score (nSPS) is 19.8. The molecular weight excluding hydrogens is 206 g/mol. The summed E-state index contributed by atoms with van der Waals surface area (Å²) in [4.78, 5) is 14.1. The van der Waals surface area contributed by atoms with E-state index in [0.717, 1.165) is 19.4 Å². The van der Waals surface area contributed by atoms with E-state index in [4.69, 9.17) is 10.5 Å². The van der Waals surface area contributed by atoms with Gasteiger partial charge in [0.05, 0.1) is 5.41 Å². The van der Waals surface area contributed by atoms with Crippen LogP contribution in [-0.4, -0.2) is 57.8 Å². The summed E-state index contributed by atoms with van der Waals surface area (Å²) in [6.07, 6.45) is 1.47. The van der Waals surface area contributed by atoms with Crippen LogP contribution in [0.3, 0.4) is 0 Å². The van der Waals surface area contributed by atoms with Crippen LogP contribution in [0.1, 0.15) is 12.8 Å². The van der Waals surface area contributed by atoms with Gasteiger partial charge in [-0.15, -0.1) is 0 Å². The molecule has 0 spiro atoms. The summed E-state index contributed by atoms with van der Waals surface area (Å²) in [5.74, 6) is 0.0835. The van der Waals surface area contributed by atoms with E-state index in [0.29, 0.717) is 26.3 Å². The molecule has 94 valence electrons. The van der Waals surface area contributed by atoms with E-state index >= 15 is 0 Å². The van der Waals surface area contributed by atoms with Gasteiger partial charge in [-0.25, -0.2) is 0 Å². The fraction of sp³-hybridized carbons (Fsp3) is 0.909. The average Bonchev–Trinajstić information content (AvgIpc) is 2.29. The molecule has 0 aromatic rings. The monoisotopic (exact) mass is 229 g/mol. The van der Waals surface area contributed by atoms with Crippen LogP contribution in [0.25, 0.3) is 0 Å². The quantitative estimate of drug-likeness (QED) is 0.662. The van der Waals surface area contributed by atoms with E-state index in [-0.39, 0.29) is 5.91 Å². The molecule has 0 aliphatic carbocycles. The lowest BCUT2D eigenvalue weighted by molar-refractivity contribution is -0.135. The molecule has 1 aliphatic rings. The van der Waals surface area contributed by atoms with Gasteiger partial charge in [0.1, 0.15) is 0 Å². The highest BCUT2D eigenvalue weighted by molar-refractivity contribution is 5.83. The predicted molar refractivity (Wildman–Crippen MR) is 63.1 cm³/mol. The first-order valence-corrected chi connectivity index (χ1v) is 5.81. The number of carbonyl (C=O) groups excluding carboxylic acids is 1. The molecule has 5 heteroatoms. The van der Waals surface area contributed by atoms with Crippen molar-refractivity contribution in [2.24, 2.45) is 11.1 Å². The topological polar surface area (TPSA) is 67.6 Å². The molecule has 3 N–H and O–H groups in total. The largest absolute Gasteiger partial charge is 0.381 e. The van der Waals surface area contributed by atoms with Crippen LogP contribution in [-0.2, 0) is 9.53 Å². The van der Waals surface area contributed by atoms with Gasteiger partial charge in [0, 0.05) is 32.8 Å². The third-order valence-electron chi connectivity index (χ3n) is 3.17. The number of ether oxygens (including phenoxy) is 1. The second kappa shape index (κ2) is 6.18. The Morgan fingerprint density at radius 3 is 2.56 bits per heavy atom. The molecule has 1 saturated heterocycles. The molecule has 1 fully saturated rings. The molecule has 0 saturated carbocycles. The van der Waals surface area contributed by atoms with Crippen molar-refractivity contribution in [3.8, 4) is 0 Å². The lowest BCUT2D eigenvalue weighted by Crippen LogP contribution is -2.50. The van der Waals surface area contributed by atoms with Crippen molar-refractivity contribution in [1.82, 2.24) is 10.2 Å². The van der Waals surface area contributed by atoms with Crippen LogP contribution in [0.4, 0.5) is 0 Å². The molecule has 16 heavy (non-hydrogen) atoms. The van der Waals surface area contributed by atoms with Gasteiger partial charge in [0.15, 0.2) is 0 Å². The van der Waals surface area contributed by atoms with Crippen molar-refractivity contribution >= 4 is 5.91 Å². The average molecular weight is 229 g/mol. The molecule has 0 radical (unpaired) electrons. The maximum Gasteiger partial charge on any atom is 0.227 e. The standard InChI is InChI=1S/C11H23N3O2/c1-14(2)6-5-13-10(15)11(9-12)3-7-16-8-4-11/h3-9,12H2,1-2H3,(H,13,15). The number of nitrogens with one attached hydrogen (secondary N) is 1. The number of hydrogen-bond donors (Lipinski definition) is 2. The van der Waals surface area contributed by atoms with Gasteiger partial charge in [-0.3, -0.25) is 4.79 Å². The predicted octanol–water partition coefficient (Wildman–Crippen LogP) is -0.580.